The Morgan fingerprint density at radius 2 is 2.55 bits per heavy atom. The van der Waals surface area contributed by atoms with Crippen molar-refractivity contribution in [2.45, 2.75) is 19.3 Å². The Bertz CT molecular complexity index is 241. The summed E-state index contributed by atoms with van der Waals surface area (Å²) in [5.41, 5.74) is 1.38. The first kappa shape index (κ1) is 6.92. The van der Waals surface area contributed by atoms with Crippen LogP contribution in [0.1, 0.15) is 24.2 Å². The van der Waals surface area contributed by atoms with E-state index in [0.717, 1.165) is 19.5 Å². The van der Waals surface area contributed by atoms with Gasteiger partial charge in [0, 0.05) is 19.5 Å². The minimum absolute atomic E-state index is 0.603. The summed E-state index contributed by atoms with van der Waals surface area (Å²) in [6.07, 6.45) is 2.83. The lowest BCUT2D eigenvalue weighted by Gasteiger charge is -2.05. The van der Waals surface area contributed by atoms with E-state index in [-0.39, 0.29) is 0 Å². The van der Waals surface area contributed by atoms with Crippen molar-refractivity contribution in [1.82, 2.24) is 5.32 Å². The van der Waals surface area contributed by atoms with Crippen LogP contribution in [0.2, 0.25) is 0 Å². The molecule has 0 fully saturated rings. The number of hydrogen-bond donors (Lipinski definition) is 1. The topological polar surface area (TPSA) is 25.2 Å². The number of fused-ring (bicyclic) bond motifs is 1. The van der Waals surface area contributed by atoms with Crippen molar-refractivity contribution in [1.29, 1.82) is 0 Å². The van der Waals surface area contributed by atoms with Gasteiger partial charge >= 0.3 is 0 Å². The molecule has 0 amide bonds. The van der Waals surface area contributed by atoms with E-state index in [2.05, 4.69) is 18.3 Å². The van der Waals surface area contributed by atoms with Crippen molar-refractivity contribution in [3.05, 3.63) is 23.7 Å². The van der Waals surface area contributed by atoms with Gasteiger partial charge in [-0.1, -0.05) is 6.92 Å². The van der Waals surface area contributed by atoms with Crippen molar-refractivity contribution in [3.8, 4) is 0 Å². The zero-order valence-electron chi connectivity index (χ0n) is 6.76. The van der Waals surface area contributed by atoms with Gasteiger partial charge in [-0.15, -0.1) is 0 Å². The Kier molecular flexibility index (Phi) is 1.70. The van der Waals surface area contributed by atoms with Gasteiger partial charge in [0.2, 0.25) is 0 Å². The predicted octanol–water partition coefficient (Wildman–Crippen LogP) is 1.53. The minimum atomic E-state index is 0.603. The first-order valence-corrected chi connectivity index (χ1v) is 4.15. The summed E-state index contributed by atoms with van der Waals surface area (Å²) < 4.78 is 5.37. The molecule has 2 heteroatoms. The van der Waals surface area contributed by atoms with E-state index >= 15 is 0 Å². The Morgan fingerprint density at radius 1 is 1.64 bits per heavy atom. The lowest BCUT2D eigenvalue weighted by atomic mass is 10.0. The third-order valence-electron chi connectivity index (χ3n) is 2.29. The predicted molar refractivity (Wildman–Crippen MR) is 43.7 cm³/mol. The molecule has 1 N–H and O–H groups in total. The lowest BCUT2D eigenvalue weighted by molar-refractivity contribution is 0.505. The first-order valence-electron chi connectivity index (χ1n) is 4.15. The quantitative estimate of drug-likeness (QED) is 0.608. The molecule has 2 rings (SSSR count). The van der Waals surface area contributed by atoms with E-state index in [1.165, 1.54) is 11.3 Å². The molecule has 0 saturated heterocycles. The van der Waals surface area contributed by atoms with Crippen LogP contribution in [0, 0.1) is 0 Å². The molecule has 1 unspecified atom stereocenters. The highest BCUT2D eigenvalue weighted by atomic mass is 16.3. The molecule has 0 spiro atoms. The van der Waals surface area contributed by atoms with Crippen LogP contribution in [-0.2, 0) is 6.42 Å². The van der Waals surface area contributed by atoms with Gasteiger partial charge in [0.1, 0.15) is 5.76 Å². The number of rotatable bonds is 0. The fourth-order valence-corrected chi connectivity index (χ4v) is 1.62. The largest absolute Gasteiger partial charge is 0.469 e. The molecule has 0 aromatic carbocycles. The maximum absolute atomic E-state index is 5.37. The van der Waals surface area contributed by atoms with Crippen molar-refractivity contribution in [3.63, 3.8) is 0 Å². The molecule has 1 aromatic rings. The molecule has 0 bridgehead atoms. The van der Waals surface area contributed by atoms with Gasteiger partial charge in [0.05, 0.1) is 6.26 Å². The van der Waals surface area contributed by atoms with Crippen LogP contribution in [0.25, 0.3) is 0 Å². The normalized spacial score (nSPS) is 24.3. The van der Waals surface area contributed by atoms with E-state index in [9.17, 15) is 0 Å². The molecule has 0 radical (unpaired) electrons. The standard InChI is InChI=1S/C9H13NO/c1-7-6-10-4-2-9-8(7)3-5-11-9/h3,5,7,10H,2,4,6H2,1H3. The summed E-state index contributed by atoms with van der Waals surface area (Å²) in [6, 6.07) is 2.09. The summed E-state index contributed by atoms with van der Waals surface area (Å²) in [5.74, 6) is 1.77. The van der Waals surface area contributed by atoms with Crippen LogP contribution in [0.5, 0.6) is 0 Å². The molecule has 2 heterocycles. The molecule has 1 aliphatic heterocycles. The highest BCUT2D eigenvalue weighted by Gasteiger charge is 2.15. The van der Waals surface area contributed by atoms with Crippen molar-refractivity contribution in [2.24, 2.45) is 0 Å². The third kappa shape index (κ3) is 1.18. The monoisotopic (exact) mass is 151 g/mol. The second-order valence-corrected chi connectivity index (χ2v) is 3.15. The molecule has 0 saturated carbocycles. The molecule has 2 nitrogen and oxygen atoms in total. The van der Waals surface area contributed by atoms with E-state index in [1.807, 2.05) is 0 Å². The van der Waals surface area contributed by atoms with Gasteiger partial charge in [0.25, 0.3) is 0 Å². The maximum atomic E-state index is 5.37. The zero-order valence-corrected chi connectivity index (χ0v) is 6.76. The summed E-state index contributed by atoms with van der Waals surface area (Å²) in [4.78, 5) is 0. The van der Waals surface area contributed by atoms with Gasteiger partial charge in [-0.25, -0.2) is 0 Å². The maximum Gasteiger partial charge on any atom is 0.108 e. The van der Waals surface area contributed by atoms with E-state index < -0.39 is 0 Å². The summed E-state index contributed by atoms with van der Waals surface area (Å²) in [6.45, 7) is 4.35. The molecule has 1 atom stereocenters. The Labute approximate surface area is 66.6 Å². The molecular formula is C9H13NO. The lowest BCUT2D eigenvalue weighted by Crippen LogP contribution is -2.18. The number of furan rings is 1. The first-order chi connectivity index (χ1) is 5.38. The van der Waals surface area contributed by atoms with Crippen LogP contribution < -0.4 is 5.32 Å². The highest BCUT2D eigenvalue weighted by Crippen LogP contribution is 2.22. The second kappa shape index (κ2) is 2.70. The SMILES string of the molecule is CC1CNCCc2occc21. The van der Waals surface area contributed by atoms with Crippen LogP contribution >= 0.6 is 0 Å². The van der Waals surface area contributed by atoms with Crippen LogP contribution in [0.4, 0.5) is 0 Å². The molecule has 11 heavy (non-hydrogen) atoms. The zero-order chi connectivity index (χ0) is 7.68. The number of nitrogens with one attached hydrogen (secondary N) is 1. The minimum Gasteiger partial charge on any atom is -0.469 e. The van der Waals surface area contributed by atoms with Crippen molar-refractivity contribution < 1.29 is 4.42 Å². The van der Waals surface area contributed by atoms with E-state index in [0.29, 0.717) is 5.92 Å². The molecule has 1 aliphatic rings. The molecular weight excluding hydrogens is 138 g/mol. The fraction of sp³-hybridized carbons (Fsp3) is 0.556. The summed E-state index contributed by atoms with van der Waals surface area (Å²) >= 11 is 0. The highest BCUT2D eigenvalue weighted by molar-refractivity contribution is 5.23. The Balaban J connectivity index is 2.34. The smallest absolute Gasteiger partial charge is 0.108 e. The van der Waals surface area contributed by atoms with E-state index in [1.54, 1.807) is 6.26 Å². The van der Waals surface area contributed by atoms with Gasteiger partial charge in [0.15, 0.2) is 0 Å². The van der Waals surface area contributed by atoms with E-state index in [4.69, 9.17) is 4.42 Å². The van der Waals surface area contributed by atoms with Gasteiger partial charge in [-0.05, 0) is 17.5 Å². The molecule has 1 aromatic heterocycles. The summed E-state index contributed by atoms with van der Waals surface area (Å²) in [7, 11) is 0. The van der Waals surface area contributed by atoms with Gasteiger partial charge < -0.3 is 9.73 Å². The van der Waals surface area contributed by atoms with Crippen LogP contribution in [0.15, 0.2) is 16.7 Å². The van der Waals surface area contributed by atoms with Crippen molar-refractivity contribution >= 4 is 0 Å². The fourth-order valence-electron chi connectivity index (χ4n) is 1.62. The Morgan fingerprint density at radius 3 is 3.45 bits per heavy atom. The third-order valence-corrected chi connectivity index (χ3v) is 2.29. The van der Waals surface area contributed by atoms with Crippen LogP contribution in [0.3, 0.4) is 0 Å². The molecule has 60 valence electrons. The average Bonchev–Trinajstić information content (AvgIpc) is 2.40. The number of hydrogen-bond acceptors (Lipinski definition) is 2. The molecule has 0 aliphatic carbocycles. The second-order valence-electron chi connectivity index (χ2n) is 3.15. The Hall–Kier alpha value is -0.760. The van der Waals surface area contributed by atoms with Crippen LogP contribution in [-0.4, -0.2) is 13.1 Å². The summed E-state index contributed by atoms with van der Waals surface area (Å²) in [5, 5.41) is 3.37. The van der Waals surface area contributed by atoms with Gasteiger partial charge in [-0.2, -0.15) is 0 Å². The van der Waals surface area contributed by atoms with Crippen molar-refractivity contribution in [2.75, 3.05) is 13.1 Å². The average molecular weight is 151 g/mol. The van der Waals surface area contributed by atoms with Gasteiger partial charge in [-0.3, -0.25) is 0 Å².